The zero-order valence-corrected chi connectivity index (χ0v) is 22.3. The number of aromatic amines is 1. The molecule has 0 saturated carbocycles. The number of pyridine rings is 1. The molecule has 1 aromatic carbocycles. The van der Waals surface area contributed by atoms with Gasteiger partial charge in [-0.15, -0.1) is 0 Å². The number of Topliss-reactive ketones (excluding diaryl/α,β-unsaturated/α-hetero) is 1. The standard InChI is InChI=1S/C26H23F3N8O2S/c1-14-11-35(8-9-37(14)20(39)12-36-13-31-18-4-3-7-30-23(18)36)24-21(34-25(40-24)26(27,28)29)22-32-17-6-5-16(15(2)38)10-19(17)33-22/h3-7,10,13-14H,8-9,11-12H2,1-2H3,(H,32,33)/t14-/m1/s1. The van der Waals surface area contributed by atoms with Crippen molar-refractivity contribution in [2.24, 2.45) is 0 Å². The Bertz CT molecular complexity index is 1760. The third-order valence-corrected chi connectivity index (χ3v) is 8.04. The number of nitrogens with zero attached hydrogens (tertiary/aromatic N) is 7. The van der Waals surface area contributed by atoms with Crippen molar-refractivity contribution in [2.45, 2.75) is 32.6 Å². The van der Waals surface area contributed by atoms with Crippen LogP contribution in [0.4, 0.5) is 18.2 Å². The number of carbonyl (C=O) groups excluding carboxylic acids is 2. The van der Waals surface area contributed by atoms with Gasteiger partial charge in [0.25, 0.3) is 0 Å². The van der Waals surface area contributed by atoms with Crippen molar-refractivity contribution in [1.29, 1.82) is 0 Å². The number of ketones is 1. The number of halogens is 3. The van der Waals surface area contributed by atoms with Crippen molar-refractivity contribution >= 4 is 50.2 Å². The van der Waals surface area contributed by atoms with Gasteiger partial charge in [0.05, 0.1) is 17.4 Å². The summed E-state index contributed by atoms with van der Waals surface area (Å²) in [4.78, 5) is 48.5. The van der Waals surface area contributed by atoms with Crippen LogP contribution in [0.1, 0.15) is 29.2 Å². The average Bonchev–Trinajstić information content (AvgIpc) is 3.64. The number of benzene rings is 1. The number of thiazole rings is 1. The van der Waals surface area contributed by atoms with Gasteiger partial charge in [-0.25, -0.2) is 19.9 Å². The van der Waals surface area contributed by atoms with Crippen LogP contribution in [0, 0.1) is 0 Å². The number of nitrogens with one attached hydrogen (secondary N) is 1. The first-order valence-electron chi connectivity index (χ1n) is 12.5. The van der Waals surface area contributed by atoms with E-state index in [9.17, 15) is 22.8 Å². The van der Waals surface area contributed by atoms with E-state index >= 15 is 0 Å². The van der Waals surface area contributed by atoms with Crippen molar-refractivity contribution in [3.05, 3.63) is 53.4 Å². The second-order valence-electron chi connectivity index (χ2n) is 9.64. The van der Waals surface area contributed by atoms with Gasteiger partial charge in [0.1, 0.15) is 22.8 Å². The van der Waals surface area contributed by atoms with Gasteiger partial charge in [-0.1, -0.05) is 11.3 Å². The maximum atomic E-state index is 13.7. The van der Waals surface area contributed by atoms with Crippen molar-refractivity contribution < 1.29 is 22.8 Å². The number of aromatic nitrogens is 6. The zero-order chi connectivity index (χ0) is 28.2. The summed E-state index contributed by atoms with van der Waals surface area (Å²) in [5.74, 6) is -0.0788. The molecule has 1 aliphatic heterocycles. The first kappa shape index (κ1) is 25.9. The van der Waals surface area contributed by atoms with E-state index in [1.165, 1.54) is 6.92 Å². The monoisotopic (exact) mass is 568 g/mol. The quantitative estimate of drug-likeness (QED) is 0.313. The van der Waals surface area contributed by atoms with E-state index in [-0.39, 0.29) is 35.8 Å². The van der Waals surface area contributed by atoms with Crippen LogP contribution in [0.25, 0.3) is 33.7 Å². The lowest BCUT2D eigenvalue weighted by Crippen LogP contribution is -2.54. The summed E-state index contributed by atoms with van der Waals surface area (Å²) in [6.07, 6.45) is -1.42. The predicted molar refractivity (Wildman–Crippen MR) is 143 cm³/mol. The second kappa shape index (κ2) is 9.70. The Morgan fingerprint density at radius 3 is 2.70 bits per heavy atom. The van der Waals surface area contributed by atoms with Gasteiger partial charge in [0.15, 0.2) is 17.3 Å². The Kier molecular flexibility index (Phi) is 6.28. The maximum Gasteiger partial charge on any atom is 0.443 e. The highest BCUT2D eigenvalue weighted by molar-refractivity contribution is 7.16. The summed E-state index contributed by atoms with van der Waals surface area (Å²) in [6.45, 7) is 4.32. The maximum absolute atomic E-state index is 13.7. The Morgan fingerprint density at radius 1 is 1.12 bits per heavy atom. The highest BCUT2D eigenvalue weighted by Crippen LogP contribution is 2.42. The number of amides is 1. The molecule has 5 aromatic rings. The van der Waals surface area contributed by atoms with E-state index in [2.05, 4.69) is 24.9 Å². The Morgan fingerprint density at radius 2 is 1.95 bits per heavy atom. The van der Waals surface area contributed by atoms with E-state index in [0.717, 1.165) is 0 Å². The van der Waals surface area contributed by atoms with Crippen molar-refractivity contribution in [3.63, 3.8) is 0 Å². The summed E-state index contributed by atoms with van der Waals surface area (Å²) in [6, 6.07) is 8.21. The summed E-state index contributed by atoms with van der Waals surface area (Å²) < 4.78 is 42.9. The number of carbonyl (C=O) groups is 2. The third kappa shape index (κ3) is 4.68. The molecule has 6 rings (SSSR count). The number of anilines is 1. The number of H-pyrrole nitrogens is 1. The number of rotatable bonds is 5. The second-order valence-corrected chi connectivity index (χ2v) is 10.6. The molecule has 0 radical (unpaired) electrons. The minimum Gasteiger partial charge on any atom is -0.358 e. The fraction of sp³-hybridized carbons (Fsp3) is 0.308. The molecule has 40 heavy (non-hydrogen) atoms. The van der Waals surface area contributed by atoms with Gasteiger partial charge in [-0.2, -0.15) is 13.2 Å². The topological polar surface area (TPSA) is 113 Å². The lowest BCUT2D eigenvalue weighted by atomic mass is 10.1. The smallest absolute Gasteiger partial charge is 0.358 e. The van der Waals surface area contributed by atoms with Crippen LogP contribution < -0.4 is 4.90 Å². The van der Waals surface area contributed by atoms with Crippen LogP contribution >= 0.6 is 11.3 Å². The van der Waals surface area contributed by atoms with Crippen LogP contribution in [0.5, 0.6) is 0 Å². The molecule has 0 unspecified atom stereocenters. The number of fused-ring (bicyclic) bond motifs is 2. The average molecular weight is 569 g/mol. The third-order valence-electron chi connectivity index (χ3n) is 6.88. The summed E-state index contributed by atoms with van der Waals surface area (Å²) in [7, 11) is 0. The minimum atomic E-state index is -4.63. The van der Waals surface area contributed by atoms with E-state index in [4.69, 9.17) is 0 Å². The van der Waals surface area contributed by atoms with Crippen LogP contribution in [-0.2, 0) is 17.5 Å². The van der Waals surface area contributed by atoms with Gasteiger partial charge in [0.2, 0.25) is 10.9 Å². The number of piperazine rings is 1. The fourth-order valence-corrected chi connectivity index (χ4v) is 5.87. The molecular formula is C26H23F3N8O2S. The Balaban J connectivity index is 1.27. The molecule has 5 heterocycles. The molecule has 1 saturated heterocycles. The largest absolute Gasteiger partial charge is 0.443 e. The Hall–Kier alpha value is -4.33. The predicted octanol–water partition coefficient (Wildman–Crippen LogP) is 4.39. The summed E-state index contributed by atoms with van der Waals surface area (Å²) in [5, 5.41) is -0.657. The minimum absolute atomic E-state index is 0.0586. The van der Waals surface area contributed by atoms with E-state index in [0.29, 0.717) is 63.7 Å². The fourth-order valence-electron chi connectivity index (χ4n) is 4.90. The molecule has 1 amide bonds. The van der Waals surface area contributed by atoms with E-state index in [1.807, 2.05) is 17.9 Å². The normalized spacial score (nSPS) is 16.3. The van der Waals surface area contributed by atoms with Gasteiger partial charge < -0.3 is 19.4 Å². The molecule has 4 aromatic heterocycles. The number of imidazole rings is 2. The molecule has 1 atom stereocenters. The molecule has 0 aliphatic carbocycles. The first-order chi connectivity index (χ1) is 19.1. The van der Waals surface area contributed by atoms with Crippen LogP contribution in [-0.4, -0.2) is 71.8 Å². The SMILES string of the molecule is CC(=O)c1ccc2nc(-c3nc(C(F)(F)F)sc3N3CCN(C(=O)Cn4cnc5cccnc54)[C@H](C)C3)[nH]c2c1. The molecule has 1 N–H and O–H groups in total. The lowest BCUT2D eigenvalue weighted by molar-refractivity contribution is -0.137. The molecule has 10 nitrogen and oxygen atoms in total. The van der Waals surface area contributed by atoms with Crippen LogP contribution in [0.2, 0.25) is 0 Å². The molecule has 0 spiro atoms. The van der Waals surface area contributed by atoms with Gasteiger partial charge in [-0.3, -0.25) is 9.59 Å². The number of hydrogen-bond donors (Lipinski definition) is 1. The van der Waals surface area contributed by atoms with Crippen molar-refractivity contribution in [2.75, 3.05) is 24.5 Å². The highest BCUT2D eigenvalue weighted by atomic mass is 32.1. The van der Waals surface area contributed by atoms with Crippen LogP contribution in [0.3, 0.4) is 0 Å². The van der Waals surface area contributed by atoms with E-state index in [1.54, 1.807) is 46.3 Å². The van der Waals surface area contributed by atoms with Crippen molar-refractivity contribution in [3.8, 4) is 11.5 Å². The van der Waals surface area contributed by atoms with Crippen molar-refractivity contribution in [1.82, 2.24) is 34.4 Å². The number of hydrogen-bond acceptors (Lipinski definition) is 8. The summed E-state index contributed by atoms with van der Waals surface area (Å²) >= 11 is 0.554. The lowest BCUT2D eigenvalue weighted by Gasteiger charge is -2.40. The van der Waals surface area contributed by atoms with Gasteiger partial charge >= 0.3 is 6.18 Å². The van der Waals surface area contributed by atoms with E-state index < -0.39 is 11.2 Å². The zero-order valence-electron chi connectivity index (χ0n) is 21.4. The number of alkyl halides is 3. The molecule has 14 heteroatoms. The molecule has 1 fully saturated rings. The summed E-state index contributed by atoms with van der Waals surface area (Å²) in [5.41, 5.74) is 2.89. The first-order valence-corrected chi connectivity index (χ1v) is 13.3. The van der Waals surface area contributed by atoms with Gasteiger partial charge in [0, 0.05) is 37.4 Å². The molecule has 1 aliphatic rings. The van der Waals surface area contributed by atoms with Gasteiger partial charge in [-0.05, 0) is 44.2 Å². The van der Waals surface area contributed by atoms with Crippen LogP contribution in [0.15, 0.2) is 42.9 Å². The molecular weight excluding hydrogens is 545 g/mol. The molecule has 0 bridgehead atoms. The molecule has 206 valence electrons. The highest BCUT2D eigenvalue weighted by Gasteiger charge is 2.39. The Labute approximate surface area is 229 Å².